The molecule has 0 radical (unpaired) electrons. The van der Waals surface area contributed by atoms with Crippen LogP contribution in [0.2, 0.25) is 0 Å². The molecule has 10 N–H and O–H groups in total. The van der Waals surface area contributed by atoms with Crippen LogP contribution in [0.3, 0.4) is 0 Å². The quantitative estimate of drug-likeness (QED) is 0.103. The molecule has 1 aliphatic rings. The van der Waals surface area contributed by atoms with Crippen LogP contribution in [0.15, 0.2) is 30.5 Å². The van der Waals surface area contributed by atoms with Gasteiger partial charge in [0, 0.05) is 36.1 Å². The number of anilines is 3. The van der Waals surface area contributed by atoms with Crippen LogP contribution in [-0.4, -0.2) is 40.1 Å². The number of nitrogens with two attached hydrogens (primary N) is 3. The van der Waals surface area contributed by atoms with Crippen molar-refractivity contribution in [2.75, 3.05) is 10.6 Å². The number of aromatic nitrogens is 2. The standard InChI is InChI=1S/C19H25N9O2/c20-9-16(29)28-27-12-5-3-4-11(8-12)24-18-13(17(22)30)10-23-19(26-18)25-15-7-2-1-6-14(15)21/h3-5,8-10,14-15,20,27H,1-2,6-7,21H2,(H2,22,30)(H,28,29)(H2,23,24,25,26)/p+1/t14-,15+/m0/s1. The smallest absolute Gasteiger partial charge is 0.306 e. The van der Waals surface area contributed by atoms with Crippen LogP contribution in [-0.2, 0) is 4.79 Å². The second kappa shape index (κ2) is 9.76. The van der Waals surface area contributed by atoms with E-state index in [0.29, 0.717) is 23.5 Å². The summed E-state index contributed by atoms with van der Waals surface area (Å²) in [5, 5.41) is 13.3. The third-order valence-corrected chi connectivity index (χ3v) is 4.85. The Bertz CT molecular complexity index is 934. The molecular weight excluding hydrogens is 386 g/mol. The molecule has 1 aliphatic carbocycles. The Morgan fingerprint density at radius 2 is 2.07 bits per heavy atom. The molecule has 0 aliphatic heterocycles. The third-order valence-electron chi connectivity index (χ3n) is 4.85. The Morgan fingerprint density at radius 3 is 2.80 bits per heavy atom. The summed E-state index contributed by atoms with van der Waals surface area (Å²) in [5.41, 5.74) is 17.1. The molecule has 3 rings (SSSR count). The van der Waals surface area contributed by atoms with Gasteiger partial charge >= 0.3 is 5.91 Å². The summed E-state index contributed by atoms with van der Waals surface area (Å²) >= 11 is 0. The van der Waals surface area contributed by atoms with Crippen LogP contribution in [0, 0.1) is 5.41 Å². The highest BCUT2D eigenvalue weighted by molar-refractivity contribution is 6.24. The zero-order valence-corrected chi connectivity index (χ0v) is 16.4. The Kier molecular flexibility index (Phi) is 6.88. The van der Waals surface area contributed by atoms with Crippen LogP contribution in [0.5, 0.6) is 0 Å². The van der Waals surface area contributed by atoms with Crippen molar-refractivity contribution in [1.82, 2.24) is 15.4 Å². The van der Waals surface area contributed by atoms with Crippen molar-refractivity contribution in [3.63, 3.8) is 0 Å². The largest absolute Gasteiger partial charge is 0.365 e. The minimum atomic E-state index is -0.653. The van der Waals surface area contributed by atoms with Gasteiger partial charge in [-0.25, -0.2) is 10.4 Å². The predicted molar refractivity (Wildman–Crippen MR) is 113 cm³/mol. The van der Waals surface area contributed by atoms with Gasteiger partial charge in [0.1, 0.15) is 11.4 Å². The van der Waals surface area contributed by atoms with Crippen molar-refractivity contribution in [3.05, 3.63) is 36.0 Å². The molecule has 0 bridgehead atoms. The summed E-state index contributed by atoms with van der Waals surface area (Å²) in [6.45, 7) is 0. The lowest BCUT2D eigenvalue weighted by molar-refractivity contribution is -0.619. The maximum Gasteiger partial charge on any atom is 0.306 e. The van der Waals surface area contributed by atoms with E-state index in [1.807, 2.05) is 0 Å². The molecular formula is C19H26N9O2+. The van der Waals surface area contributed by atoms with Crippen LogP contribution in [0.1, 0.15) is 36.0 Å². The number of quaternary nitrogens is 1. The first-order chi connectivity index (χ1) is 14.5. The van der Waals surface area contributed by atoms with E-state index in [-0.39, 0.29) is 23.5 Å². The average molecular weight is 412 g/mol. The SMILES string of the molecule is N=CC(=O)N[NH2+]c1cccc(Nc2nc(N[C@@H]3CCCC[C@@H]3N)ncc2C(N)=O)c1. The van der Waals surface area contributed by atoms with E-state index in [2.05, 4.69) is 26.0 Å². The lowest BCUT2D eigenvalue weighted by atomic mass is 9.91. The number of carbonyl (C=O) groups excluding carboxylic acids is 2. The topological polar surface area (TPSA) is 189 Å². The van der Waals surface area contributed by atoms with Crippen LogP contribution >= 0.6 is 0 Å². The molecule has 1 heterocycles. The second-order valence-corrected chi connectivity index (χ2v) is 7.07. The fourth-order valence-electron chi connectivity index (χ4n) is 3.27. The fraction of sp³-hybridized carbons (Fsp3) is 0.316. The van der Waals surface area contributed by atoms with Gasteiger partial charge in [0.2, 0.25) is 5.95 Å². The van der Waals surface area contributed by atoms with E-state index in [9.17, 15) is 9.59 Å². The number of benzene rings is 1. The van der Waals surface area contributed by atoms with E-state index < -0.39 is 11.8 Å². The van der Waals surface area contributed by atoms with E-state index in [1.54, 1.807) is 24.3 Å². The van der Waals surface area contributed by atoms with Gasteiger partial charge in [-0.2, -0.15) is 10.4 Å². The second-order valence-electron chi connectivity index (χ2n) is 7.07. The van der Waals surface area contributed by atoms with Crippen LogP contribution in [0.25, 0.3) is 0 Å². The van der Waals surface area contributed by atoms with Crippen molar-refractivity contribution in [3.8, 4) is 0 Å². The molecule has 1 saturated carbocycles. The van der Waals surface area contributed by atoms with Crippen LogP contribution < -0.4 is 33.0 Å². The van der Waals surface area contributed by atoms with Gasteiger partial charge in [-0.1, -0.05) is 18.9 Å². The van der Waals surface area contributed by atoms with E-state index in [0.717, 1.165) is 25.7 Å². The Hall–Kier alpha value is -3.57. The molecule has 1 aromatic carbocycles. The van der Waals surface area contributed by atoms with Gasteiger partial charge in [-0.15, -0.1) is 0 Å². The maximum atomic E-state index is 11.8. The monoisotopic (exact) mass is 412 g/mol. The van der Waals surface area contributed by atoms with Gasteiger partial charge in [-0.3, -0.25) is 9.59 Å². The minimum absolute atomic E-state index is 0.0259. The van der Waals surface area contributed by atoms with E-state index in [1.165, 1.54) is 11.6 Å². The number of hydrogen-bond donors (Lipinski definition) is 7. The molecule has 2 amide bonds. The number of carbonyl (C=O) groups is 2. The molecule has 2 atom stereocenters. The van der Waals surface area contributed by atoms with Crippen molar-refractivity contribution in [2.45, 2.75) is 37.8 Å². The summed E-state index contributed by atoms with van der Waals surface area (Å²) in [6, 6.07) is 7.19. The molecule has 1 fully saturated rings. The molecule has 0 spiro atoms. The number of amides is 2. The van der Waals surface area contributed by atoms with Gasteiger partial charge in [0.25, 0.3) is 5.91 Å². The minimum Gasteiger partial charge on any atom is -0.365 e. The molecule has 1 aromatic heterocycles. The van der Waals surface area contributed by atoms with Crippen molar-refractivity contribution in [2.24, 2.45) is 11.5 Å². The summed E-state index contributed by atoms with van der Waals surface area (Å²) in [5.74, 6) is -0.549. The van der Waals surface area contributed by atoms with Crippen molar-refractivity contribution >= 4 is 41.2 Å². The van der Waals surface area contributed by atoms with Gasteiger partial charge in [0.05, 0.1) is 6.21 Å². The van der Waals surface area contributed by atoms with Crippen LogP contribution in [0.4, 0.5) is 23.1 Å². The van der Waals surface area contributed by atoms with Crippen molar-refractivity contribution in [1.29, 1.82) is 5.41 Å². The lowest BCUT2D eigenvalue weighted by Crippen LogP contribution is -2.89. The number of hydrogen-bond acceptors (Lipinski definition) is 8. The molecule has 30 heavy (non-hydrogen) atoms. The molecule has 11 nitrogen and oxygen atoms in total. The highest BCUT2D eigenvalue weighted by Gasteiger charge is 2.23. The van der Waals surface area contributed by atoms with Crippen molar-refractivity contribution < 1.29 is 15.0 Å². The maximum absolute atomic E-state index is 11.8. The number of nitrogens with one attached hydrogen (secondary N) is 4. The summed E-state index contributed by atoms with van der Waals surface area (Å²) < 4.78 is 0. The summed E-state index contributed by atoms with van der Waals surface area (Å²) in [6.07, 6.45) is 6.15. The normalized spacial score (nSPS) is 18.3. The predicted octanol–water partition coefficient (Wildman–Crippen LogP) is -0.123. The van der Waals surface area contributed by atoms with E-state index >= 15 is 0 Å². The molecule has 2 aromatic rings. The summed E-state index contributed by atoms with van der Waals surface area (Å²) in [4.78, 5) is 31.7. The number of primary amides is 1. The average Bonchev–Trinajstić information content (AvgIpc) is 2.74. The lowest BCUT2D eigenvalue weighted by Gasteiger charge is -2.29. The highest BCUT2D eigenvalue weighted by atomic mass is 16.2. The first-order valence-electron chi connectivity index (χ1n) is 9.66. The Balaban J connectivity index is 1.79. The van der Waals surface area contributed by atoms with Gasteiger partial charge in [-0.05, 0) is 18.9 Å². The molecule has 0 saturated heterocycles. The van der Waals surface area contributed by atoms with E-state index in [4.69, 9.17) is 16.9 Å². The van der Waals surface area contributed by atoms with Gasteiger partial charge < -0.3 is 27.5 Å². The summed E-state index contributed by atoms with van der Waals surface area (Å²) in [7, 11) is 0. The zero-order valence-electron chi connectivity index (χ0n) is 16.4. The first-order valence-corrected chi connectivity index (χ1v) is 9.66. The number of rotatable bonds is 8. The highest BCUT2D eigenvalue weighted by Crippen LogP contribution is 2.23. The third kappa shape index (κ3) is 5.49. The Labute approximate surface area is 173 Å². The zero-order chi connectivity index (χ0) is 21.5. The number of nitrogens with zero attached hydrogens (tertiary/aromatic N) is 2. The molecule has 11 heteroatoms. The Morgan fingerprint density at radius 1 is 1.27 bits per heavy atom. The molecule has 0 unspecified atom stereocenters. The fourth-order valence-corrected chi connectivity index (χ4v) is 3.27. The van der Waals surface area contributed by atoms with Gasteiger partial charge in [0.15, 0.2) is 5.69 Å². The molecule has 158 valence electrons. The first kappa shape index (κ1) is 21.1.